The van der Waals surface area contributed by atoms with Crippen LogP contribution in [0.1, 0.15) is 5.56 Å². The molecule has 21 heavy (non-hydrogen) atoms. The molecule has 0 aliphatic carbocycles. The molecule has 2 nitrogen and oxygen atoms in total. The second-order valence-electron chi connectivity index (χ2n) is 4.45. The molecule has 0 saturated carbocycles. The van der Waals surface area contributed by atoms with E-state index in [9.17, 15) is 18.0 Å². The molecule has 0 spiro atoms. The van der Waals surface area contributed by atoms with Gasteiger partial charge in [-0.1, -0.05) is 12.1 Å². The van der Waals surface area contributed by atoms with Crippen LogP contribution >= 0.6 is 22.6 Å². The summed E-state index contributed by atoms with van der Waals surface area (Å²) in [5.74, 6) is -1.91. The van der Waals surface area contributed by atoms with Crippen molar-refractivity contribution < 1.29 is 18.0 Å². The van der Waals surface area contributed by atoms with Crippen molar-refractivity contribution in [1.29, 1.82) is 0 Å². The minimum atomic E-state index is -4.94. The van der Waals surface area contributed by atoms with E-state index in [1.165, 1.54) is 18.2 Å². The number of benzene rings is 2. The van der Waals surface area contributed by atoms with Gasteiger partial charge in [-0.15, -0.1) is 0 Å². The second-order valence-corrected chi connectivity index (χ2v) is 5.70. The zero-order chi connectivity index (χ0) is 15.6. The van der Waals surface area contributed by atoms with E-state index in [1.807, 2.05) is 22.6 Å². The van der Waals surface area contributed by atoms with E-state index in [-0.39, 0.29) is 11.4 Å². The Bertz CT molecular complexity index is 653. The Hall–Kier alpha value is -1.57. The predicted octanol–water partition coefficient (Wildman–Crippen LogP) is 4.83. The van der Waals surface area contributed by atoms with Crippen molar-refractivity contribution >= 4 is 39.9 Å². The predicted molar refractivity (Wildman–Crippen MR) is 83.5 cm³/mol. The van der Waals surface area contributed by atoms with Crippen LogP contribution in [0.15, 0.2) is 48.5 Å². The zero-order valence-corrected chi connectivity index (χ0v) is 13.1. The lowest BCUT2D eigenvalue weighted by Crippen LogP contribution is -2.38. The molecule has 6 heteroatoms. The number of amides is 1. The van der Waals surface area contributed by atoms with Crippen molar-refractivity contribution in [1.82, 2.24) is 0 Å². The molecule has 0 aliphatic rings. The van der Waals surface area contributed by atoms with E-state index in [0.717, 1.165) is 9.13 Å². The summed E-state index contributed by atoms with van der Waals surface area (Å²) in [6.45, 7) is 1.76. The minimum Gasteiger partial charge on any atom is -0.273 e. The van der Waals surface area contributed by atoms with Crippen LogP contribution in [-0.4, -0.2) is 12.1 Å². The fourth-order valence-electron chi connectivity index (χ4n) is 1.87. The van der Waals surface area contributed by atoms with Crippen LogP contribution in [0.3, 0.4) is 0 Å². The highest BCUT2D eigenvalue weighted by Gasteiger charge is 2.43. The van der Waals surface area contributed by atoms with E-state index in [1.54, 1.807) is 37.3 Å². The SMILES string of the molecule is Cc1cccc(N(C(=O)C(F)(F)F)c2ccc(I)cc2)c1. The van der Waals surface area contributed by atoms with Gasteiger partial charge in [-0.05, 0) is 71.5 Å². The molecular weight excluding hydrogens is 394 g/mol. The van der Waals surface area contributed by atoms with Crippen LogP contribution in [0.5, 0.6) is 0 Å². The van der Waals surface area contributed by atoms with Gasteiger partial charge in [-0.25, -0.2) is 0 Å². The highest BCUT2D eigenvalue weighted by Crippen LogP contribution is 2.31. The monoisotopic (exact) mass is 405 g/mol. The van der Waals surface area contributed by atoms with Crippen molar-refractivity contribution in [2.24, 2.45) is 0 Å². The minimum absolute atomic E-state index is 0.184. The topological polar surface area (TPSA) is 20.3 Å². The zero-order valence-electron chi connectivity index (χ0n) is 11.0. The number of anilines is 2. The van der Waals surface area contributed by atoms with E-state index in [4.69, 9.17) is 0 Å². The molecule has 110 valence electrons. The first kappa shape index (κ1) is 15.8. The maximum Gasteiger partial charge on any atom is 0.472 e. The largest absolute Gasteiger partial charge is 0.472 e. The Balaban J connectivity index is 2.54. The van der Waals surface area contributed by atoms with E-state index < -0.39 is 12.1 Å². The third-order valence-corrected chi connectivity index (χ3v) is 3.51. The van der Waals surface area contributed by atoms with Gasteiger partial charge < -0.3 is 0 Å². The smallest absolute Gasteiger partial charge is 0.273 e. The van der Waals surface area contributed by atoms with E-state index in [0.29, 0.717) is 4.90 Å². The van der Waals surface area contributed by atoms with Gasteiger partial charge in [-0.2, -0.15) is 13.2 Å². The maximum atomic E-state index is 12.9. The molecule has 0 bridgehead atoms. The maximum absolute atomic E-state index is 12.9. The summed E-state index contributed by atoms with van der Waals surface area (Å²) in [4.78, 5) is 12.4. The fourth-order valence-corrected chi connectivity index (χ4v) is 2.23. The molecule has 0 radical (unpaired) electrons. The van der Waals surface area contributed by atoms with Crippen LogP contribution in [0.4, 0.5) is 24.5 Å². The Morgan fingerprint density at radius 3 is 2.19 bits per heavy atom. The molecule has 0 heterocycles. The van der Waals surface area contributed by atoms with Gasteiger partial charge in [0.1, 0.15) is 0 Å². The van der Waals surface area contributed by atoms with Gasteiger partial charge in [0, 0.05) is 14.9 Å². The summed E-state index contributed by atoms with van der Waals surface area (Å²) >= 11 is 2.05. The Morgan fingerprint density at radius 2 is 1.67 bits per heavy atom. The van der Waals surface area contributed by atoms with Crippen molar-refractivity contribution in [2.45, 2.75) is 13.1 Å². The number of hydrogen-bond acceptors (Lipinski definition) is 1. The average molecular weight is 405 g/mol. The molecule has 2 aromatic rings. The Labute approximate surface area is 133 Å². The third-order valence-electron chi connectivity index (χ3n) is 2.79. The summed E-state index contributed by atoms with van der Waals surface area (Å²) in [5.41, 5.74) is 1.15. The lowest BCUT2D eigenvalue weighted by Gasteiger charge is -2.24. The average Bonchev–Trinajstić information content (AvgIpc) is 2.40. The molecule has 1 amide bonds. The van der Waals surface area contributed by atoms with Gasteiger partial charge in [0.25, 0.3) is 0 Å². The molecule has 0 aliphatic heterocycles. The van der Waals surface area contributed by atoms with Gasteiger partial charge >= 0.3 is 12.1 Å². The number of carbonyl (C=O) groups is 1. The number of carbonyl (C=O) groups excluding carboxylic acids is 1. The Morgan fingerprint density at radius 1 is 1.05 bits per heavy atom. The summed E-state index contributed by atoms with van der Waals surface area (Å²) in [6.07, 6.45) is -4.94. The molecule has 2 rings (SSSR count). The first-order valence-electron chi connectivity index (χ1n) is 6.02. The first-order valence-corrected chi connectivity index (χ1v) is 7.10. The summed E-state index contributed by atoms with van der Waals surface area (Å²) < 4.78 is 39.4. The van der Waals surface area contributed by atoms with Crippen molar-refractivity contribution in [2.75, 3.05) is 4.90 Å². The number of halogens is 4. The van der Waals surface area contributed by atoms with Crippen molar-refractivity contribution in [3.05, 3.63) is 57.7 Å². The number of rotatable bonds is 2. The summed E-state index contributed by atoms with van der Waals surface area (Å²) in [5, 5.41) is 0. The lowest BCUT2D eigenvalue weighted by molar-refractivity contribution is -0.169. The quantitative estimate of drug-likeness (QED) is 0.656. The highest BCUT2D eigenvalue weighted by molar-refractivity contribution is 14.1. The third kappa shape index (κ3) is 3.75. The molecule has 0 saturated heterocycles. The standard InChI is InChI=1S/C15H11F3INO/c1-10-3-2-4-13(9-10)20(14(21)15(16,17)18)12-7-5-11(19)6-8-12/h2-9H,1H3. The van der Waals surface area contributed by atoms with E-state index >= 15 is 0 Å². The molecule has 0 fully saturated rings. The summed E-state index contributed by atoms with van der Waals surface area (Å²) in [6, 6.07) is 12.7. The normalized spacial score (nSPS) is 11.3. The molecule has 2 aromatic carbocycles. The highest BCUT2D eigenvalue weighted by atomic mass is 127. The van der Waals surface area contributed by atoms with Crippen molar-refractivity contribution in [3.63, 3.8) is 0 Å². The molecule has 0 aromatic heterocycles. The van der Waals surface area contributed by atoms with E-state index in [2.05, 4.69) is 0 Å². The van der Waals surface area contributed by atoms with Gasteiger partial charge in [0.05, 0.1) is 0 Å². The molecule has 0 N–H and O–H groups in total. The first-order chi connectivity index (χ1) is 9.79. The fraction of sp³-hybridized carbons (Fsp3) is 0.133. The Kier molecular flexibility index (Phi) is 4.55. The van der Waals surface area contributed by atoms with Crippen LogP contribution in [0.2, 0.25) is 0 Å². The number of nitrogens with zero attached hydrogens (tertiary/aromatic N) is 1. The van der Waals surface area contributed by atoms with Crippen LogP contribution in [-0.2, 0) is 4.79 Å². The molecule has 0 atom stereocenters. The van der Waals surface area contributed by atoms with Crippen LogP contribution in [0, 0.1) is 10.5 Å². The van der Waals surface area contributed by atoms with Gasteiger partial charge in [0.15, 0.2) is 0 Å². The van der Waals surface area contributed by atoms with Crippen LogP contribution < -0.4 is 4.90 Å². The van der Waals surface area contributed by atoms with Gasteiger partial charge in [0.2, 0.25) is 0 Å². The number of alkyl halides is 3. The van der Waals surface area contributed by atoms with Crippen LogP contribution in [0.25, 0.3) is 0 Å². The second kappa shape index (κ2) is 6.05. The molecular formula is C15H11F3INO. The number of aryl methyl sites for hydroxylation is 1. The van der Waals surface area contributed by atoms with Crippen molar-refractivity contribution in [3.8, 4) is 0 Å². The number of hydrogen-bond donors (Lipinski definition) is 0. The lowest BCUT2D eigenvalue weighted by atomic mass is 10.2. The molecule has 0 unspecified atom stereocenters. The summed E-state index contributed by atoms with van der Waals surface area (Å²) in [7, 11) is 0. The van der Waals surface area contributed by atoms with Gasteiger partial charge in [-0.3, -0.25) is 9.69 Å².